The number of rotatable bonds is 0. The molecule has 1 rings (SSSR count). The summed E-state index contributed by atoms with van der Waals surface area (Å²) in [6, 6.07) is 1.32. The van der Waals surface area contributed by atoms with Crippen LogP contribution in [0.3, 0.4) is 0 Å². The summed E-state index contributed by atoms with van der Waals surface area (Å²) in [5, 5.41) is 3.44. The van der Waals surface area contributed by atoms with Gasteiger partial charge >= 0.3 is 0 Å². The summed E-state index contributed by atoms with van der Waals surface area (Å²) in [4.78, 5) is 2.60. The summed E-state index contributed by atoms with van der Waals surface area (Å²) in [6.45, 7) is 13.7. The van der Waals surface area contributed by atoms with Crippen LogP contribution >= 0.6 is 0 Å². The minimum atomic E-state index is 0.306. The number of piperazine rings is 1. The lowest BCUT2D eigenvalue weighted by molar-refractivity contribution is 0.0265. The Labute approximate surface area is 76.3 Å². The molecule has 1 saturated heterocycles. The van der Waals surface area contributed by atoms with Gasteiger partial charge in [0.25, 0.3) is 0 Å². The Morgan fingerprint density at radius 1 is 1.08 bits per heavy atom. The molecule has 0 aromatic rings. The van der Waals surface area contributed by atoms with E-state index in [0.29, 0.717) is 17.6 Å². The minimum Gasteiger partial charge on any atom is -0.314 e. The van der Waals surface area contributed by atoms with Crippen molar-refractivity contribution >= 4 is 0 Å². The lowest BCUT2D eigenvalue weighted by Gasteiger charge is -2.47. The second kappa shape index (κ2) is 3.35. The maximum Gasteiger partial charge on any atom is 0.0200 e. The van der Waals surface area contributed by atoms with E-state index in [2.05, 4.69) is 44.8 Å². The van der Waals surface area contributed by atoms with Gasteiger partial charge < -0.3 is 5.32 Å². The fourth-order valence-corrected chi connectivity index (χ4v) is 2.45. The first kappa shape index (κ1) is 10.0. The summed E-state index contributed by atoms with van der Waals surface area (Å²) >= 11 is 0. The van der Waals surface area contributed by atoms with Crippen molar-refractivity contribution in [3.63, 3.8) is 0 Å². The summed E-state index contributed by atoms with van der Waals surface area (Å²) < 4.78 is 0. The van der Waals surface area contributed by atoms with E-state index in [9.17, 15) is 0 Å². The molecule has 2 unspecified atom stereocenters. The molecule has 2 heteroatoms. The molecule has 12 heavy (non-hydrogen) atoms. The van der Waals surface area contributed by atoms with Crippen LogP contribution in [0.1, 0.15) is 34.6 Å². The third kappa shape index (κ3) is 1.99. The van der Waals surface area contributed by atoms with Crippen LogP contribution in [0.5, 0.6) is 0 Å². The third-order valence-corrected chi connectivity index (χ3v) is 2.60. The van der Waals surface area contributed by atoms with Gasteiger partial charge in [0, 0.05) is 30.7 Å². The van der Waals surface area contributed by atoms with E-state index in [1.54, 1.807) is 0 Å². The van der Waals surface area contributed by atoms with Crippen molar-refractivity contribution < 1.29 is 0 Å². The lowest BCUT2D eigenvalue weighted by atomic mass is 9.98. The fourth-order valence-electron chi connectivity index (χ4n) is 2.45. The molecule has 0 aliphatic carbocycles. The van der Waals surface area contributed by atoms with Crippen LogP contribution in [-0.4, -0.2) is 35.6 Å². The van der Waals surface area contributed by atoms with E-state index in [0.717, 1.165) is 13.1 Å². The average Bonchev–Trinajstić information content (AvgIpc) is 1.82. The molecular formula is C10H22N2. The second-order valence-electron chi connectivity index (χ2n) is 4.93. The van der Waals surface area contributed by atoms with E-state index in [1.165, 1.54) is 0 Å². The van der Waals surface area contributed by atoms with E-state index in [4.69, 9.17) is 0 Å². The Morgan fingerprint density at radius 2 is 1.50 bits per heavy atom. The standard InChI is InChI=1S/C10H22N2/c1-8-6-11-7-9(2)12(8)10(3,4)5/h8-9,11H,6-7H2,1-5H3. The highest BCUT2D eigenvalue weighted by Crippen LogP contribution is 2.21. The Hall–Kier alpha value is -0.0800. The number of hydrogen-bond donors (Lipinski definition) is 1. The predicted octanol–water partition coefficient (Wildman–Crippen LogP) is 1.47. The Balaban J connectivity index is 2.69. The highest BCUT2D eigenvalue weighted by atomic mass is 15.3. The van der Waals surface area contributed by atoms with Gasteiger partial charge in [-0.1, -0.05) is 0 Å². The zero-order valence-corrected chi connectivity index (χ0v) is 9.02. The second-order valence-corrected chi connectivity index (χ2v) is 4.93. The Morgan fingerprint density at radius 3 is 1.75 bits per heavy atom. The SMILES string of the molecule is CC1CNCC(C)N1C(C)(C)C. The van der Waals surface area contributed by atoms with Crippen LogP contribution in [0.25, 0.3) is 0 Å². The minimum absolute atomic E-state index is 0.306. The van der Waals surface area contributed by atoms with Gasteiger partial charge in [-0.25, -0.2) is 0 Å². The molecule has 0 saturated carbocycles. The van der Waals surface area contributed by atoms with Gasteiger partial charge in [-0.15, -0.1) is 0 Å². The molecule has 2 nitrogen and oxygen atoms in total. The molecule has 1 heterocycles. The van der Waals surface area contributed by atoms with Crippen molar-refractivity contribution in [1.29, 1.82) is 0 Å². The molecule has 0 aromatic carbocycles. The molecule has 72 valence electrons. The van der Waals surface area contributed by atoms with Gasteiger partial charge in [0.1, 0.15) is 0 Å². The Kier molecular flexibility index (Phi) is 2.79. The Bertz CT molecular complexity index is 138. The van der Waals surface area contributed by atoms with Crippen molar-refractivity contribution in [3.05, 3.63) is 0 Å². The monoisotopic (exact) mass is 170 g/mol. The maximum absolute atomic E-state index is 3.44. The highest BCUT2D eigenvalue weighted by Gasteiger charge is 2.32. The zero-order valence-electron chi connectivity index (χ0n) is 9.02. The van der Waals surface area contributed by atoms with E-state index in [1.807, 2.05) is 0 Å². The smallest absolute Gasteiger partial charge is 0.0200 e. The maximum atomic E-state index is 3.44. The number of hydrogen-bond acceptors (Lipinski definition) is 2. The molecule has 1 aliphatic heterocycles. The molecule has 0 radical (unpaired) electrons. The molecule has 0 bridgehead atoms. The van der Waals surface area contributed by atoms with Crippen LogP contribution in [-0.2, 0) is 0 Å². The summed E-state index contributed by atoms with van der Waals surface area (Å²) in [6.07, 6.45) is 0. The van der Waals surface area contributed by atoms with E-state index < -0.39 is 0 Å². The van der Waals surface area contributed by atoms with Crippen LogP contribution in [0.2, 0.25) is 0 Å². The number of nitrogens with one attached hydrogen (secondary N) is 1. The predicted molar refractivity (Wildman–Crippen MR) is 53.4 cm³/mol. The van der Waals surface area contributed by atoms with E-state index >= 15 is 0 Å². The molecule has 1 N–H and O–H groups in total. The lowest BCUT2D eigenvalue weighted by Crippen LogP contribution is -2.61. The topological polar surface area (TPSA) is 15.3 Å². The molecule has 1 aliphatic rings. The van der Waals surface area contributed by atoms with Crippen LogP contribution in [0, 0.1) is 0 Å². The molecule has 0 aromatic heterocycles. The highest BCUT2D eigenvalue weighted by molar-refractivity contribution is 4.90. The summed E-state index contributed by atoms with van der Waals surface area (Å²) in [5.74, 6) is 0. The third-order valence-electron chi connectivity index (χ3n) is 2.60. The van der Waals surface area contributed by atoms with Crippen molar-refractivity contribution in [1.82, 2.24) is 10.2 Å². The fraction of sp³-hybridized carbons (Fsp3) is 1.00. The molecule has 0 spiro atoms. The normalized spacial score (nSPS) is 33.8. The van der Waals surface area contributed by atoms with Gasteiger partial charge in [0.15, 0.2) is 0 Å². The van der Waals surface area contributed by atoms with Gasteiger partial charge in [-0.3, -0.25) is 4.90 Å². The van der Waals surface area contributed by atoms with Crippen molar-refractivity contribution in [3.8, 4) is 0 Å². The quantitative estimate of drug-likeness (QED) is 0.592. The molecule has 2 atom stereocenters. The first-order valence-electron chi connectivity index (χ1n) is 4.92. The molecular weight excluding hydrogens is 148 g/mol. The van der Waals surface area contributed by atoms with Crippen LogP contribution in [0.4, 0.5) is 0 Å². The van der Waals surface area contributed by atoms with Gasteiger partial charge in [0.05, 0.1) is 0 Å². The molecule has 1 fully saturated rings. The largest absolute Gasteiger partial charge is 0.314 e. The van der Waals surface area contributed by atoms with Gasteiger partial charge in [0.2, 0.25) is 0 Å². The first-order valence-corrected chi connectivity index (χ1v) is 4.92. The molecule has 0 amide bonds. The van der Waals surface area contributed by atoms with Gasteiger partial charge in [-0.2, -0.15) is 0 Å². The van der Waals surface area contributed by atoms with E-state index in [-0.39, 0.29) is 0 Å². The van der Waals surface area contributed by atoms with Crippen molar-refractivity contribution in [2.75, 3.05) is 13.1 Å². The first-order chi connectivity index (χ1) is 5.43. The zero-order chi connectivity index (χ0) is 9.35. The van der Waals surface area contributed by atoms with Crippen LogP contribution in [0.15, 0.2) is 0 Å². The number of nitrogens with zero attached hydrogens (tertiary/aromatic N) is 1. The summed E-state index contributed by atoms with van der Waals surface area (Å²) in [5.41, 5.74) is 0.306. The van der Waals surface area contributed by atoms with Crippen molar-refractivity contribution in [2.24, 2.45) is 0 Å². The summed E-state index contributed by atoms with van der Waals surface area (Å²) in [7, 11) is 0. The average molecular weight is 170 g/mol. The van der Waals surface area contributed by atoms with Gasteiger partial charge in [-0.05, 0) is 34.6 Å². The van der Waals surface area contributed by atoms with Crippen molar-refractivity contribution in [2.45, 2.75) is 52.2 Å². The van der Waals surface area contributed by atoms with Crippen LogP contribution < -0.4 is 5.32 Å².